The molecular weight excluding hydrogens is 461 g/mol. The molecule has 11 heteroatoms. The molecule has 3 aromatic rings. The van der Waals surface area contributed by atoms with Gasteiger partial charge in [-0.15, -0.1) is 0 Å². The zero-order chi connectivity index (χ0) is 23.3. The quantitative estimate of drug-likeness (QED) is 0.202. The number of hydrogen-bond donors (Lipinski definition) is 0. The molecule has 0 unspecified atom stereocenters. The Labute approximate surface area is 192 Å². The maximum absolute atomic E-state index is 11.3. The number of hydrogen-bond acceptors (Lipinski definition) is 7. The van der Waals surface area contributed by atoms with E-state index in [1.807, 2.05) is 6.92 Å². The molecule has 0 bridgehead atoms. The van der Waals surface area contributed by atoms with E-state index in [0.717, 1.165) is 23.9 Å². The summed E-state index contributed by atoms with van der Waals surface area (Å²) in [5.41, 5.74) is 0.219. The molecule has 0 aliphatic carbocycles. The number of aliphatic imine (C=N–C) groups is 1. The van der Waals surface area contributed by atoms with Gasteiger partial charge in [0.1, 0.15) is 5.75 Å². The Morgan fingerprint density at radius 3 is 2.19 bits per heavy atom. The van der Waals surface area contributed by atoms with Gasteiger partial charge in [0.2, 0.25) is 5.75 Å². The molecule has 0 aromatic heterocycles. The highest BCUT2D eigenvalue weighted by Gasteiger charge is 2.23. The van der Waals surface area contributed by atoms with Crippen molar-refractivity contribution in [1.82, 2.24) is 0 Å². The van der Waals surface area contributed by atoms with Crippen molar-refractivity contribution in [2.24, 2.45) is 4.99 Å². The molecule has 0 aliphatic heterocycles. The van der Waals surface area contributed by atoms with Crippen LogP contribution in [0.2, 0.25) is 10.0 Å². The van der Waals surface area contributed by atoms with Crippen molar-refractivity contribution in [3.63, 3.8) is 0 Å². The first kappa shape index (κ1) is 23.0. The van der Waals surface area contributed by atoms with Crippen LogP contribution in [0, 0.1) is 20.2 Å². The van der Waals surface area contributed by atoms with Crippen LogP contribution >= 0.6 is 23.2 Å². The van der Waals surface area contributed by atoms with Crippen molar-refractivity contribution < 1.29 is 19.3 Å². The SMILES string of the molecule is CCOc1ccc(N=Cc2cc(Cl)c(Oc3ccc([N+](=O)[O-])cc3[N+](=O)[O-])c(Cl)c2)cc1. The van der Waals surface area contributed by atoms with Crippen LogP contribution in [0.1, 0.15) is 12.5 Å². The number of nitrogens with zero attached hydrogens (tertiary/aromatic N) is 3. The molecule has 164 valence electrons. The van der Waals surface area contributed by atoms with Crippen LogP contribution in [-0.2, 0) is 0 Å². The predicted octanol–water partition coefficient (Wildman–Crippen LogP) is 6.75. The fourth-order valence-corrected chi connectivity index (χ4v) is 3.24. The van der Waals surface area contributed by atoms with Crippen molar-refractivity contribution in [3.8, 4) is 17.2 Å². The molecule has 0 heterocycles. The van der Waals surface area contributed by atoms with Gasteiger partial charge in [0.05, 0.1) is 38.3 Å². The molecule has 0 fully saturated rings. The van der Waals surface area contributed by atoms with Crippen LogP contribution in [0.25, 0.3) is 0 Å². The van der Waals surface area contributed by atoms with E-state index in [9.17, 15) is 20.2 Å². The molecule has 3 aromatic carbocycles. The van der Waals surface area contributed by atoms with Crippen molar-refractivity contribution >= 4 is 46.5 Å². The van der Waals surface area contributed by atoms with Crippen molar-refractivity contribution in [1.29, 1.82) is 0 Å². The van der Waals surface area contributed by atoms with Gasteiger partial charge in [-0.3, -0.25) is 25.2 Å². The summed E-state index contributed by atoms with van der Waals surface area (Å²) in [7, 11) is 0. The average molecular weight is 476 g/mol. The second-order valence-electron chi connectivity index (χ2n) is 6.27. The van der Waals surface area contributed by atoms with Crippen LogP contribution in [0.4, 0.5) is 17.1 Å². The number of ether oxygens (including phenoxy) is 2. The Bertz CT molecular complexity index is 1180. The van der Waals surface area contributed by atoms with E-state index in [1.54, 1.807) is 30.5 Å². The minimum absolute atomic E-state index is 0.0245. The Kier molecular flexibility index (Phi) is 7.24. The molecule has 32 heavy (non-hydrogen) atoms. The predicted molar refractivity (Wildman–Crippen MR) is 121 cm³/mol. The van der Waals surface area contributed by atoms with Gasteiger partial charge in [0.15, 0.2) is 5.75 Å². The Morgan fingerprint density at radius 2 is 1.62 bits per heavy atom. The third-order valence-corrected chi connectivity index (χ3v) is 4.65. The van der Waals surface area contributed by atoms with E-state index in [2.05, 4.69) is 4.99 Å². The topological polar surface area (TPSA) is 117 Å². The van der Waals surface area contributed by atoms with Crippen LogP contribution < -0.4 is 9.47 Å². The molecule has 0 radical (unpaired) electrons. The van der Waals surface area contributed by atoms with E-state index < -0.39 is 21.2 Å². The highest BCUT2D eigenvalue weighted by Crippen LogP contribution is 2.41. The molecule has 3 rings (SSSR count). The first-order valence-electron chi connectivity index (χ1n) is 9.15. The summed E-state index contributed by atoms with van der Waals surface area (Å²) in [6.07, 6.45) is 1.55. The first-order chi connectivity index (χ1) is 15.3. The van der Waals surface area contributed by atoms with Gasteiger partial charge < -0.3 is 9.47 Å². The minimum atomic E-state index is -0.790. The largest absolute Gasteiger partial charge is 0.494 e. The van der Waals surface area contributed by atoms with Crippen LogP contribution in [0.15, 0.2) is 59.6 Å². The maximum atomic E-state index is 11.3. The van der Waals surface area contributed by atoms with Crippen LogP contribution in [0.3, 0.4) is 0 Å². The monoisotopic (exact) mass is 475 g/mol. The van der Waals surface area contributed by atoms with Gasteiger partial charge in [-0.2, -0.15) is 0 Å². The maximum Gasteiger partial charge on any atom is 0.318 e. The molecule has 0 N–H and O–H groups in total. The highest BCUT2D eigenvalue weighted by atomic mass is 35.5. The number of halogens is 2. The summed E-state index contributed by atoms with van der Waals surface area (Å²) in [5.74, 6) is 0.475. The summed E-state index contributed by atoms with van der Waals surface area (Å²) in [5, 5.41) is 22.3. The van der Waals surface area contributed by atoms with Crippen LogP contribution in [0.5, 0.6) is 17.2 Å². The van der Waals surface area contributed by atoms with Crippen LogP contribution in [-0.4, -0.2) is 22.7 Å². The van der Waals surface area contributed by atoms with Gasteiger partial charge in [-0.25, -0.2) is 0 Å². The minimum Gasteiger partial charge on any atom is -0.494 e. The molecule has 0 saturated carbocycles. The molecule has 0 aliphatic rings. The smallest absolute Gasteiger partial charge is 0.318 e. The standard InChI is InChI=1S/C21H15Cl2N3O6/c1-2-31-16-6-3-14(4-7-16)24-12-13-9-17(22)21(18(23)10-13)32-20-8-5-15(25(27)28)11-19(20)26(29)30/h3-12H,2H2,1H3. The van der Waals surface area contributed by atoms with Gasteiger partial charge in [-0.1, -0.05) is 23.2 Å². The third-order valence-electron chi connectivity index (χ3n) is 4.09. The number of nitro benzene ring substituents is 2. The Hall–Kier alpha value is -3.69. The molecule has 0 amide bonds. The summed E-state index contributed by atoms with van der Waals surface area (Å²) in [6.45, 7) is 2.46. The molecule has 0 saturated heterocycles. The van der Waals surface area contributed by atoms with E-state index >= 15 is 0 Å². The highest BCUT2D eigenvalue weighted by molar-refractivity contribution is 6.37. The fraction of sp³-hybridized carbons (Fsp3) is 0.0952. The lowest BCUT2D eigenvalue weighted by Crippen LogP contribution is -1.97. The Balaban J connectivity index is 1.85. The lowest BCUT2D eigenvalue weighted by Gasteiger charge is -2.10. The van der Waals surface area contributed by atoms with Gasteiger partial charge >= 0.3 is 5.69 Å². The van der Waals surface area contributed by atoms with Crippen molar-refractivity contribution in [3.05, 3.63) is 90.4 Å². The second-order valence-corrected chi connectivity index (χ2v) is 7.08. The number of benzene rings is 3. The summed E-state index contributed by atoms with van der Waals surface area (Å²) >= 11 is 12.5. The number of rotatable bonds is 8. The third kappa shape index (κ3) is 5.51. The van der Waals surface area contributed by atoms with Gasteiger partial charge in [0, 0.05) is 12.3 Å². The molecule has 9 nitrogen and oxygen atoms in total. The summed E-state index contributed by atoms with van der Waals surface area (Å²) < 4.78 is 10.9. The Morgan fingerprint density at radius 1 is 0.969 bits per heavy atom. The zero-order valence-electron chi connectivity index (χ0n) is 16.5. The fourth-order valence-electron chi connectivity index (χ4n) is 2.65. The first-order valence-corrected chi connectivity index (χ1v) is 9.90. The van der Waals surface area contributed by atoms with E-state index in [-0.39, 0.29) is 21.5 Å². The lowest BCUT2D eigenvalue weighted by atomic mass is 10.2. The summed E-state index contributed by atoms with van der Waals surface area (Å²) in [6, 6.07) is 13.2. The van der Waals surface area contributed by atoms with Gasteiger partial charge in [0.25, 0.3) is 5.69 Å². The van der Waals surface area contributed by atoms with E-state index in [4.69, 9.17) is 32.7 Å². The van der Waals surface area contributed by atoms with E-state index in [1.165, 1.54) is 12.1 Å². The van der Waals surface area contributed by atoms with E-state index in [0.29, 0.717) is 17.9 Å². The second kappa shape index (κ2) is 10.1. The number of non-ortho nitro benzene ring substituents is 1. The van der Waals surface area contributed by atoms with Gasteiger partial charge in [-0.05, 0) is 55.0 Å². The molecule has 0 atom stereocenters. The average Bonchev–Trinajstić information content (AvgIpc) is 2.76. The lowest BCUT2D eigenvalue weighted by molar-refractivity contribution is -0.394. The van der Waals surface area contributed by atoms with Crippen molar-refractivity contribution in [2.45, 2.75) is 6.92 Å². The number of nitro groups is 2. The summed E-state index contributed by atoms with van der Waals surface area (Å²) in [4.78, 5) is 25.0. The zero-order valence-corrected chi connectivity index (χ0v) is 18.0. The molecule has 0 spiro atoms. The molecular formula is C21H15Cl2N3O6. The van der Waals surface area contributed by atoms with Crippen molar-refractivity contribution in [2.75, 3.05) is 6.61 Å². The normalized spacial score (nSPS) is 10.8.